The fourth-order valence-corrected chi connectivity index (χ4v) is 3.32. The zero-order valence-corrected chi connectivity index (χ0v) is 14.8. The highest BCUT2D eigenvalue weighted by Crippen LogP contribution is 2.44. The highest BCUT2D eigenvalue weighted by molar-refractivity contribution is 5.14. The maximum atomic E-state index is 10.0. The summed E-state index contributed by atoms with van der Waals surface area (Å²) in [5.74, 6) is 0. The molecule has 1 aliphatic carbocycles. The average molecular weight is 320 g/mol. The van der Waals surface area contributed by atoms with Crippen molar-refractivity contribution >= 4 is 0 Å². The van der Waals surface area contributed by atoms with Crippen LogP contribution in [0.2, 0.25) is 0 Å². The van der Waals surface area contributed by atoms with Crippen molar-refractivity contribution in [3.05, 3.63) is 36.0 Å². The highest BCUT2D eigenvalue weighted by Gasteiger charge is 2.50. The van der Waals surface area contributed by atoms with Crippen LogP contribution in [0.3, 0.4) is 0 Å². The van der Waals surface area contributed by atoms with Crippen molar-refractivity contribution < 1.29 is 14.9 Å². The van der Waals surface area contributed by atoms with Crippen molar-refractivity contribution in [2.24, 2.45) is 5.41 Å². The molecule has 0 aromatic rings. The number of hydrogen-bond acceptors (Lipinski definition) is 3. The second kappa shape index (κ2) is 7.33. The predicted octanol–water partition coefficient (Wildman–Crippen LogP) is 3.92. The third-order valence-electron chi connectivity index (χ3n) is 5.42. The molecular formula is C20H32O3. The van der Waals surface area contributed by atoms with Gasteiger partial charge in [0.25, 0.3) is 0 Å². The minimum absolute atomic E-state index is 0.0120. The zero-order chi connectivity index (χ0) is 17.1. The van der Waals surface area contributed by atoms with E-state index >= 15 is 0 Å². The number of allylic oxidation sites excluding steroid dienone is 2. The summed E-state index contributed by atoms with van der Waals surface area (Å²) in [5, 5.41) is 19.6. The second-order valence-electron chi connectivity index (χ2n) is 7.84. The first-order valence-electron chi connectivity index (χ1n) is 8.76. The van der Waals surface area contributed by atoms with Crippen LogP contribution >= 0.6 is 0 Å². The molecular weight excluding hydrogens is 288 g/mol. The number of fused-ring (bicyclic) bond motifs is 1. The summed E-state index contributed by atoms with van der Waals surface area (Å²) < 4.78 is 5.86. The summed E-state index contributed by atoms with van der Waals surface area (Å²) in [4.78, 5) is 0. The fourth-order valence-electron chi connectivity index (χ4n) is 3.32. The molecule has 130 valence electrons. The average Bonchev–Trinajstić information content (AvgIpc) is 3.14. The molecule has 0 aromatic heterocycles. The van der Waals surface area contributed by atoms with Crippen LogP contribution in [0.1, 0.15) is 59.3 Å². The molecule has 1 aliphatic heterocycles. The Morgan fingerprint density at radius 1 is 1.43 bits per heavy atom. The second-order valence-corrected chi connectivity index (χ2v) is 7.84. The quantitative estimate of drug-likeness (QED) is 0.596. The zero-order valence-electron chi connectivity index (χ0n) is 14.8. The van der Waals surface area contributed by atoms with Gasteiger partial charge in [0.05, 0.1) is 24.4 Å². The Bertz CT molecular complexity index is 493. The summed E-state index contributed by atoms with van der Waals surface area (Å²) in [6, 6.07) is 0. The van der Waals surface area contributed by atoms with Gasteiger partial charge in [0.15, 0.2) is 0 Å². The van der Waals surface area contributed by atoms with E-state index < -0.39 is 6.10 Å². The van der Waals surface area contributed by atoms with Crippen LogP contribution in [-0.2, 0) is 4.74 Å². The van der Waals surface area contributed by atoms with E-state index in [0.717, 1.165) is 49.7 Å². The number of rotatable bonds is 5. The molecule has 0 unspecified atom stereocenters. The molecule has 0 amide bonds. The number of ether oxygens (including phenoxy) is 1. The summed E-state index contributed by atoms with van der Waals surface area (Å²) in [5.41, 5.74) is 1.88. The van der Waals surface area contributed by atoms with Gasteiger partial charge in [0, 0.05) is 0 Å². The molecule has 3 nitrogen and oxygen atoms in total. The van der Waals surface area contributed by atoms with Crippen molar-refractivity contribution in [1.29, 1.82) is 0 Å². The van der Waals surface area contributed by atoms with Crippen molar-refractivity contribution in [3.63, 3.8) is 0 Å². The molecule has 23 heavy (non-hydrogen) atoms. The first-order chi connectivity index (χ1) is 10.8. The molecule has 0 aromatic carbocycles. The lowest BCUT2D eigenvalue weighted by Crippen LogP contribution is -2.18. The molecule has 0 bridgehead atoms. The summed E-state index contributed by atoms with van der Waals surface area (Å²) in [7, 11) is 0. The normalized spacial score (nSPS) is 39.3. The highest BCUT2D eigenvalue weighted by atomic mass is 16.6. The van der Waals surface area contributed by atoms with E-state index in [1.807, 2.05) is 6.92 Å². The molecule has 3 heteroatoms. The molecule has 0 radical (unpaired) electrons. The molecule has 0 spiro atoms. The molecule has 0 saturated carbocycles. The molecule has 2 N–H and O–H groups in total. The topological polar surface area (TPSA) is 53.0 Å². The van der Waals surface area contributed by atoms with Gasteiger partial charge in [-0.2, -0.15) is 0 Å². The SMILES string of the molecule is C=C(C)[C@H](O)CC[C@]1(C)/C=C\C[C@]2(C)O[C@H]2CC/C(CO)=C\C1. The third-order valence-corrected chi connectivity index (χ3v) is 5.42. The van der Waals surface area contributed by atoms with Gasteiger partial charge in [-0.15, -0.1) is 0 Å². The van der Waals surface area contributed by atoms with E-state index in [4.69, 9.17) is 4.74 Å². The van der Waals surface area contributed by atoms with E-state index in [9.17, 15) is 10.2 Å². The Morgan fingerprint density at radius 3 is 2.83 bits per heavy atom. The Labute approximate surface area is 140 Å². The van der Waals surface area contributed by atoms with Crippen LogP contribution < -0.4 is 0 Å². The summed E-state index contributed by atoms with van der Waals surface area (Å²) >= 11 is 0. The largest absolute Gasteiger partial charge is 0.392 e. The van der Waals surface area contributed by atoms with Crippen LogP contribution in [0.25, 0.3) is 0 Å². The smallest absolute Gasteiger partial charge is 0.0954 e. The van der Waals surface area contributed by atoms with Crippen molar-refractivity contribution in [2.45, 2.75) is 77.1 Å². The minimum Gasteiger partial charge on any atom is -0.392 e. The van der Waals surface area contributed by atoms with Crippen molar-refractivity contribution in [1.82, 2.24) is 0 Å². The van der Waals surface area contributed by atoms with E-state index in [1.165, 1.54) is 0 Å². The maximum Gasteiger partial charge on any atom is 0.0954 e. The van der Waals surface area contributed by atoms with Crippen molar-refractivity contribution in [2.75, 3.05) is 6.61 Å². The van der Waals surface area contributed by atoms with Crippen LogP contribution in [0.15, 0.2) is 36.0 Å². The standard InChI is InChI=1S/C20H32O3/c1-15(2)17(22)9-13-19(3)10-5-11-20(4)18(23-20)7-6-16(14-21)8-12-19/h5,8,10,17-18,21-22H,1,6-7,9,11-14H2,2-4H3/b10-5-,16-8+/t17-,18+,19-,20+/m1/s1. The molecule has 2 rings (SSSR count). The van der Waals surface area contributed by atoms with Crippen molar-refractivity contribution in [3.8, 4) is 0 Å². The van der Waals surface area contributed by atoms with Gasteiger partial charge < -0.3 is 14.9 Å². The van der Waals surface area contributed by atoms with Gasteiger partial charge in [0.1, 0.15) is 0 Å². The maximum absolute atomic E-state index is 10.0. The lowest BCUT2D eigenvalue weighted by Gasteiger charge is -2.27. The Balaban J connectivity index is 2.10. The van der Waals surface area contributed by atoms with Gasteiger partial charge in [-0.1, -0.05) is 37.3 Å². The van der Waals surface area contributed by atoms with Crippen LogP contribution in [0.5, 0.6) is 0 Å². The third kappa shape index (κ3) is 5.03. The Hall–Kier alpha value is -0.900. The van der Waals surface area contributed by atoms with Crippen LogP contribution in [0.4, 0.5) is 0 Å². The van der Waals surface area contributed by atoms with Crippen LogP contribution in [0, 0.1) is 5.41 Å². The molecule has 1 fully saturated rings. The molecule has 1 heterocycles. The number of hydrogen-bond donors (Lipinski definition) is 2. The minimum atomic E-state index is -0.437. The first-order valence-corrected chi connectivity index (χ1v) is 8.76. The van der Waals surface area contributed by atoms with E-state index in [1.54, 1.807) is 0 Å². The lowest BCUT2D eigenvalue weighted by atomic mass is 9.79. The fraction of sp³-hybridized carbons (Fsp3) is 0.700. The monoisotopic (exact) mass is 320 g/mol. The predicted molar refractivity (Wildman–Crippen MR) is 94.2 cm³/mol. The lowest BCUT2D eigenvalue weighted by molar-refractivity contribution is 0.180. The van der Waals surface area contributed by atoms with Gasteiger partial charge in [0.2, 0.25) is 0 Å². The molecule has 4 atom stereocenters. The number of aliphatic hydroxyl groups is 2. The van der Waals surface area contributed by atoms with Gasteiger partial charge >= 0.3 is 0 Å². The van der Waals surface area contributed by atoms with Crippen LogP contribution in [-0.4, -0.2) is 34.6 Å². The van der Waals surface area contributed by atoms with Gasteiger partial charge in [-0.05, 0) is 63.4 Å². The number of aliphatic hydroxyl groups excluding tert-OH is 2. The molecule has 1 saturated heterocycles. The number of epoxide rings is 1. The van der Waals surface area contributed by atoms with Gasteiger partial charge in [-0.25, -0.2) is 0 Å². The molecule has 2 aliphatic rings. The van der Waals surface area contributed by atoms with E-state index in [0.29, 0.717) is 6.10 Å². The summed E-state index contributed by atoms with van der Waals surface area (Å²) in [6.45, 7) is 10.2. The van der Waals surface area contributed by atoms with E-state index in [2.05, 4.69) is 38.7 Å². The Kier molecular flexibility index (Phi) is 5.88. The van der Waals surface area contributed by atoms with Gasteiger partial charge in [-0.3, -0.25) is 0 Å². The summed E-state index contributed by atoms with van der Waals surface area (Å²) in [6.07, 6.45) is 11.9. The van der Waals surface area contributed by atoms with E-state index in [-0.39, 0.29) is 17.6 Å². The Morgan fingerprint density at radius 2 is 2.17 bits per heavy atom. The first kappa shape index (κ1) is 18.4.